The Balaban J connectivity index is 0.000000510. The van der Waals surface area contributed by atoms with E-state index in [9.17, 15) is 0 Å². The molecule has 21 heavy (non-hydrogen) atoms. The Morgan fingerprint density at radius 2 is 1.52 bits per heavy atom. The minimum atomic E-state index is 0.664. The topological polar surface area (TPSA) is 16.1 Å². The Morgan fingerprint density at radius 3 is 2.05 bits per heavy atom. The van der Waals surface area contributed by atoms with Gasteiger partial charge in [-0.25, -0.2) is 4.98 Å². The van der Waals surface area contributed by atoms with Gasteiger partial charge in [-0.3, -0.25) is 0 Å². The average molecular weight is 284 g/mol. The molecule has 3 rings (SSSR count). The monoisotopic (exact) mass is 284 g/mol. The highest BCUT2D eigenvalue weighted by molar-refractivity contribution is 5.44. The molecule has 1 fully saturated rings. The summed E-state index contributed by atoms with van der Waals surface area (Å²) in [6.07, 6.45) is 1.86. The van der Waals surface area contributed by atoms with Crippen LogP contribution >= 0.6 is 0 Å². The molecule has 0 saturated carbocycles. The van der Waals surface area contributed by atoms with E-state index in [1.165, 1.54) is 11.1 Å². The molecule has 0 unspecified atom stereocenters. The molecule has 114 valence electrons. The van der Waals surface area contributed by atoms with E-state index in [1.807, 2.05) is 46.0 Å². The van der Waals surface area contributed by atoms with Gasteiger partial charge in [-0.05, 0) is 24.6 Å². The number of nitrogens with zero attached hydrogens (tertiary/aromatic N) is 2. The highest BCUT2D eigenvalue weighted by Crippen LogP contribution is 2.30. The molecule has 0 radical (unpaired) electrons. The molecule has 1 aliphatic rings. The summed E-state index contributed by atoms with van der Waals surface area (Å²) in [5.41, 5.74) is 2.78. The van der Waals surface area contributed by atoms with Gasteiger partial charge in [0.05, 0.1) is 0 Å². The van der Waals surface area contributed by atoms with Crippen molar-refractivity contribution < 1.29 is 0 Å². The fourth-order valence-electron chi connectivity index (χ4n) is 2.26. The van der Waals surface area contributed by atoms with Crippen LogP contribution in [0.25, 0.3) is 0 Å². The number of aromatic nitrogens is 1. The van der Waals surface area contributed by atoms with Gasteiger partial charge in [0.25, 0.3) is 0 Å². The van der Waals surface area contributed by atoms with Crippen molar-refractivity contribution in [3.05, 3.63) is 59.8 Å². The van der Waals surface area contributed by atoms with Gasteiger partial charge in [-0.2, -0.15) is 0 Å². The molecule has 1 saturated heterocycles. The molecule has 1 aromatic carbocycles. The minimum absolute atomic E-state index is 0.664. The molecule has 0 aliphatic carbocycles. The molecule has 1 aromatic heterocycles. The second-order valence-corrected chi connectivity index (χ2v) is 4.70. The van der Waals surface area contributed by atoms with Crippen LogP contribution in [0.15, 0.2) is 48.7 Å². The highest BCUT2D eigenvalue weighted by atomic mass is 15.2. The zero-order valence-corrected chi connectivity index (χ0v) is 14.0. The van der Waals surface area contributed by atoms with Crippen molar-refractivity contribution in [1.29, 1.82) is 0 Å². The molecule has 0 bridgehead atoms. The molecule has 0 amide bonds. The third-order valence-electron chi connectivity index (χ3n) is 3.40. The predicted molar refractivity (Wildman–Crippen MR) is 93.1 cm³/mol. The highest BCUT2D eigenvalue weighted by Gasteiger charge is 2.28. The summed E-state index contributed by atoms with van der Waals surface area (Å²) < 4.78 is 0. The van der Waals surface area contributed by atoms with Crippen LogP contribution in [-0.2, 0) is 0 Å². The number of benzene rings is 1. The first-order chi connectivity index (χ1) is 10.3. The summed E-state index contributed by atoms with van der Waals surface area (Å²) in [5.74, 6) is 1.76. The smallest absolute Gasteiger partial charge is 0.128 e. The van der Waals surface area contributed by atoms with Crippen LogP contribution in [0.5, 0.6) is 0 Å². The van der Waals surface area contributed by atoms with Gasteiger partial charge in [0, 0.05) is 25.2 Å². The maximum absolute atomic E-state index is 4.37. The summed E-state index contributed by atoms with van der Waals surface area (Å²) in [7, 11) is 0. The first-order valence-corrected chi connectivity index (χ1v) is 8.05. The van der Waals surface area contributed by atoms with Crippen molar-refractivity contribution in [3.63, 3.8) is 0 Å². The van der Waals surface area contributed by atoms with Gasteiger partial charge in [0.2, 0.25) is 0 Å². The van der Waals surface area contributed by atoms with E-state index in [4.69, 9.17) is 0 Å². The Labute approximate surface area is 129 Å². The third-order valence-corrected chi connectivity index (χ3v) is 3.40. The molecular formula is C19H28N2. The van der Waals surface area contributed by atoms with E-state index in [1.54, 1.807) is 0 Å². The second kappa shape index (κ2) is 9.17. The number of hydrogen-bond acceptors (Lipinski definition) is 2. The van der Waals surface area contributed by atoms with E-state index >= 15 is 0 Å². The lowest BCUT2D eigenvalue weighted by atomic mass is 9.91. The van der Waals surface area contributed by atoms with Gasteiger partial charge >= 0.3 is 0 Å². The van der Waals surface area contributed by atoms with E-state index in [-0.39, 0.29) is 0 Å². The van der Waals surface area contributed by atoms with E-state index < -0.39 is 0 Å². The number of aryl methyl sites for hydroxylation is 1. The van der Waals surface area contributed by atoms with Crippen molar-refractivity contribution in [2.75, 3.05) is 18.0 Å². The lowest BCUT2D eigenvalue weighted by Crippen LogP contribution is -2.45. The minimum Gasteiger partial charge on any atom is -0.355 e. The van der Waals surface area contributed by atoms with Crippen LogP contribution in [0.4, 0.5) is 5.82 Å². The van der Waals surface area contributed by atoms with Crippen molar-refractivity contribution >= 4 is 5.82 Å². The van der Waals surface area contributed by atoms with Crippen LogP contribution < -0.4 is 4.90 Å². The predicted octanol–water partition coefficient (Wildman–Crippen LogP) is 5.05. The summed E-state index contributed by atoms with van der Waals surface area (Å²) in [6.45, 7) is 12.3. The van der Waals surface area contributed by atoms with E-state index in [0.717, 1.165) is 18.9 Å². The van der Waals surface area contributed by atoms with Gasteiger partial charge in [0.1, 0.15) is 5.82 Å². The quantitative estimate of drug-likeness (QED) is 0.767. The Bertz CT molecular complexity index is 485. The number of anilines is 1. The largest absolute Gasteiger partial charge is 0.355 e. The van der Waals surface area contributed by atoms with Crippen molar-refractivity contribution in [3.8, 4) is 0 Å². The summed E-state index contributed by atoms with van der Waals surface area (Å²) in [6, 6.07) is 15.0. The lowest BCUT2D eigenvalue weighted by molar-refractivity contribution is 0.520. The molecule has 2 aromatic rings. The number of hydrogen-bond donors (Lipinski definition) is 0. The van der Waals surface area contributed by atoms with Crippen molar-refractivity contribution in [2.45, 2.75) is 40.5 Å². The van der Waals surface area contributed by atoms with Crippen LogP contribution in [-0.4, -0.2) is 18.1 Å². The zero-order chi connectivity index (χ0) is 15.7. The van der Waals surface area contributed by atoms with Crippen LogP contribution in [0, 0.1) is 6.92 Å². The van der Waals surface area contributed by atoms with Gasteiger partial charge in [-0.1, -0.05) is 63.6 Å². The van der Waals surface area contributed by atoms with E-state index in [0.29, 0.717) is 5.92 Å². The van der Waals surface area contributed by atoms with Crippen molar-refractivity contribution in [1.82, 2.24) is 4.98 Å². The zero-order valence-electron chi connectivity index (χ0n) is 14.0. The lowest BCUT2D eigenvalue weighted by Gasteiger charge is -2.40. The molecule has 2 nitrogen and oxygen atoms in total. The Morgan fingerprint density at radius 1 is 0.905 bits per heavy atom. The molecule has 0 spiro atoms. The third kappa shape index (κ3) is 4.59. The summed E-state index contributed by atoms with van der Waals surface area (Å²) in [5, 5.41) is 0. The number of rotatable bonds is 2. The maximum Gasteiger partial charge on any atom is 0.128 e. The molecule has 2 heterocycles. The first kappa shape index (κ1) is 17.2. The average Bonchev–Trinajstić information content (AvgIpc) is 2.53. The fraction of sp³-hybridized carbons (Fsp3) is 0.421. The van der Waals surface area contributed by atoms with E-state index in [2.05, 4.69) is 47.1 Å². The van der Waals surface area contributed by atoms with Gasteiger partial charge in [-0.15, -0.1) is 0 Å². The maximum atomic E-state index is 4.37. The molecule has 1 aliphatic heterocycles. The van der Waals surface area contributed by atoms with Gasteiger partial charge < -0.3 is 4.90 Å². The summed E-state index contributed by atoms with van der Waals surface area (Å²) in [4.78, 5) is 6.69. The SMILES string of the molecule is CC.CC.Cc1ccc(C2CN(c3ccccn3)C2)cc1. The standard InChI is InChI=1S/C15H16N2.2C2H6/c1-12-5-7-13(8-6-12)14-10-17(11-14)15-4-2-3-9-16-15;2*1-2/h2-9,14H,10-11H2,1H3;2*1-2H3. The van der Waals surface area contributed by atoms with Crippen molar-refractivity contribution in [2.24, 2.45) is 0 Å². The molecule has 0 atom stereocenters. The number of pyridine rings is 1. The van der Waals surface area contributed by atoms with Crippen LogP contribution in [0.2, 0.25) is 0 Å². The van der Waals surface area contributed by atoms with Crippen LogP contribution in [0.1, 0.15) is 44.7 Å². The Hall–Kier alpha value is -1.83. The normalized spacial score (nSPS) is 13.3. The van der Waals surface area contributed by atoms with Crippen LogP contribution in [0.3, 0.4) is 0 Å². The molecule has 2 heteroatoms. The second-order valence-electron chi connectivity index (χ2n) is 4.70. The van der Waals surface area contributed by atoms with Gasteiger partial charge in [0.15, 0.2) is 0 Å². The molecule has 0 N–H and O–H groups in total. The molecular weight excluding hydrogens is 256 g/mol. The fourth-order valence-corrected chi connectivity index (χ4v) is 2.26. The Kier molecular flexibility index (Phi) is 7.52. The first-order valence-electron chi connectivity index (χ1n) is 8.05. The summed E-state index contributed by atoms with van der Waals surface area (Å²) >= 11 is 0.